The van der Waals surface area contributed by atoms with Crippen LogP contribution in [0.1, 0.15) is 31.8 Å². The maximum atomic E-state index is 13.6. The minimum atomic E-state index is -0.0474. The average molecular weight is 425 g/mol. The summed E-state index contributed by atoms with van der Waals surface area (Å²) in [5, 5.41) is 0.830. The molecule has 0 saturated heterocycles. The van der Waals surface area contributed by atoms with Crippen molar-refractivity contribution in [2.45, 2.75) is 6.42 Å². The van der Waals surface area contributed by atoms with Gasteiger partial charge in [0, 0.05) is 34.1 Å². The molecular weight excluding hydrogens is 406 g/mol. The van der Waals surface area contributed by atoms with Crippen LogP contribution in [0.15, 0.2) is 103 Å². The van der Waals surface area contributed by atoms with Crippen molar-refractivity contribution in [3.8, 4) is 22.4 Å². The quantitative estimate of drug-likeness (QED) is 0.301. The van der Waals surface area contributed by atoms with Crippen molar-refractivity contribution in [1.82, 2.24) is 4.98 Å². The van der Waals surface area contributed by atoms with E-state index < -0.39 is 0 Å². The van der Waals surface area contributed by atoms with Crippen molar-refractivity contribution in [3.63, 3.8) is 0 Å². The standard InChI is InChI=1S/C30H19NO2/c32-27(20-11-5-2-6-12-20)17-21-15-16-25-29-24(18-26(31-25)19-9-3-1-4-10-19)22-13-7-8-14-23(22)30(33)28(21)29/h1-16,18H,17H2. The zero-order valence-corrected chi connectivity index (χ0v) is 17.8. The molecule has 0 aliphatic heterocycles. The molecule has 156 valence electrons. The Morgan fingerprint density at radius 2 is 1.36 bits per heavy atom. The van der Waals surface area contributed by atoms with Crippen molar-refractivity contribution >= 4 is 22.5 Å². The predicted molar refractivity (Wildman–Crippen MR) is 131 cm³/mol. The van der Waals surface area contributed by atoms with Gasteiger partial charge in [-0.3, -0.25) is 9.59 Å². The van der Waals surface area contributed by atoms with Crippen molar-refractivity contribution in [3.05, 3.63) is 125 Å². The first-order valence-electron chi connectivity index (χ1n) is 10.9. The number of fused-ring (bicyclic) bond motifs is 2. The molecule has 0 saturated carbocycles. The molecular formula is C30H19NO2. The highest BCUT2D eigenvalue weighted by Gasteiger charge is 2.29. The Bertz CT molecular complexity index is 1550. The zero-order valence-electron chi connectivity index (χ0n) is 17.8. The predicted octanol–water partition coefficient (Wildman–Crippen LogP) is 6.54. The van der Waals surface area contributed by atoms with Crippen LogP contribution >= 0.6 is 0 Å². The lowest BCUT2D eigenvalue weighted by Crippen LogP contribution is -2.15. The van der Waals surface area contributed by atoms with Crippen molar-refractivity contribution < 1.29 is 9.59 Å². The zero-order chi connectivity index (χ0) is 22.4. The molecule has 1 aliphatic carbocycles. The van der Waals surface area contributed by atoms with Gasteiger partial charge in [0.25, 0.3) is 0 Å². The van der Waals surface area contributed by atoms with Gasteiger partial charge >= 0.3 is 0 Å². The van der Waals surface area contributed by atoms with E-state index in [1.807, 2.05) is 97.1 Å². The number of hydrogen-bond acceptors (Lipinski definition) is 3. The summed E-state index contributed by atoms with van der Waals surface area (Å²) in [6.07, 6.45) is 0.170. The highest BCUT2D eigenvalue weighted by Crippen LogP contribution is 2.42. The van der Waals surface area contributed by atoms with E-state index in [0.717, 1.165) is 38.9 Å². The van der Waals surface area contributed by atoms with Crippen molar-refractivity contribution in [2.75, 3.05) is 0 Å². The minimum absolute atomic E-state index is 0.00623. The lowest BCUT2D eigenvalue weighted by atomic mass is 9.80. The molecule has 1 aromatic heterocycles. The molecule has 0 fully saturated rings. The smallest absolute Gasteiger partial charge is 0.194 e. The lowest BCUT2D eigenvalue weighted by molar-refractivity contribution is 0.0992. The summed E-state index contributed by atoms with van der Waals surface area (Å²) in [5.41, 5.74) is 7.19. The normalized spacial score (nSPS) is 11.9. The highest BCUT2D eigenvalue weighted by molar-refractivity contribution is 6.26. The van der Waals surface area contributed by atoms with Crippen LogP contribution in [0.4, 0.5) is 0 Å². The average Bonchev–Trinajstić information content (AvgIpc) is 2.88. The first kappa shape index (κ1) is 19.3. The monoisotopic (exact) mass is 425 g/mol. The SMILES string of the molecule is O=C(Cc1ccc2nc(-c3ccccc3)cc3c2c1C(=O)c1ccccc1-3)c1ccccc1. The van der Waals surface area contributed by atoms with Crippen LogP contribution in [-0.4, -0.2) is 16.6 Å². The molecule has 33 heavy (non-hydrogen) atoms. The van der Waals surface area contributed by atoms with Crippen LogP contribution in [0.2, 0.25) is 0 Å². The Kier molecular flexibility index (Phi) is 4.48. The molecule has 3 heteroatoms. The topological polar surface area (TPSA) is 47.0 Å². The highest BCUT2D eigenvalue weighted by atomic mass is 16.1. The molecule has 3 nitrogen and oxygen atoms in total. The number of hydrogen-bond donors (Lipinski definition) is 0. The molecule has 1 heterocycles. The first-order chi connectivity index (χ1) is 16.2. The van der Waals surface area contributed by atoms with E-state index in [1.54, 1.807) is 0 Å². The Hall–Kier alpha value is -4.37. The third-order valence-corrected chi connectivity index (χ3v) is 6.27. The van der Waals surface area contributed by atoms with Crippen LogP contribution in [0.25, 0.3) is 33.3 Å². The third kappa shape index (κ3) is 3.17. The fourth-order valence-electron chi connectivity index (χ4n) is 4.70. The summed E-state index contributed by atoms with van der Waals surface area (Å²) in [6, 6.07) is 32.8. The van der Waals surface area contributed by atoms with E-state index in [0.29, 0.717) is 16.7 Å². The molecule has 0 amide bonds. The maximum absolute atomic E-state index is 13.6. The van der Waals surface area contributed by atoms with Gasteiger partial charge in [-0.2, -0.15) is 0 Å². The second kappa shape index (κ2) is 7.64. The molecule has 6 rings (SSSR count). The molecule has 4 aromatic carbocycles. The fraction of sp³-hybridized carbons (Fsp3) is 0.0333. The molecule has 0 bridgehead atoms. The largest absolute Gasteiger partial charge is 0.294 e. The second-order valence-electron chi connectivity index (χ2n) is 8.26. The van der Waals surface area contributed by atoms with E-state index in [1.165, 1.54) is 0 Å². The van der Waals surface area contributed by atoms with Crippen LogP contribution < -0.4 is 0 Å². The Labute approximate surface area is 191 Å². The minimum Gasteiger partial charge on any atom is -0.294 e. The summed E-state index contributed by atoms with van der Waals surface area (Å²) in [5.74, 6) is -0.0536. The summed E-state index contributed by atoms with van der Waals surface area (Å²) in [6.45, 7) is 0. The number of ketones is 2. The number of nitrogens with zero attached hydrogens (tertiary/aromatic N) is 1. The summed E-state index contributed by atoms with van der Waals surface area (Å²) in [7, 11) is 0. The van der Waals surface area contributed by atoms with E-state index in [4.69, 9.17) is 4.98 Å². The molecule has 0 spiro atoms. The molecule has 1 aliphatic rings. The van der Waals surface area contributed by atoms with Gasteiger partial charge in [-0.1, -0.05) is 91.0 Å². The van der Waals surface area contributed by atoms with Gasteiger partial charge in [0.05, 0.1) is 11.2 Å². The number of pyridine rings is 1. The van der Waals surface area contributed by atoms with Gasteiger partial charge in [-0.05, 0) is 28.8 Å². The Balaban J connectivity index is 1.59. The maximum Gasteiger partial charge on any atom is 0.194 e. The van der Waals surface area contributed by atoms with Gasteiger partial charge in [-0.25, -0.2) is 4.98 Å². The van der Waals surface area contributed by atoms with E-state index in [-0.39, 0.29) is 18.0 Å². The second-order valence-corrected chi connectivity index (χ2v) is 8.26. The van der Waals surface area contributed by atoms with E-state index in [9.17, 15) is 9.59 Å². The summed E-state index contributed by atoms with van der Waals surface area (Å²) >= 11 is 0. The Morgan fingerprint density at radius 1 is 0.697 bits per heavy atom. The van der Waals surface area contributed by atoms with Gasteiger partial charge < -0.3 is 0 Å². The van der Waals surface area contributed by atoms with Crippen LogP contribution in [-0.2, 0) is 6.42 Å². The van der Waals surface area contributed by atoms with E-state index in [2.05, 4.69) is 6.07 Å². The number of benzene rings is 4. The molecule has 5 aromatic rings. The van der Waals surface area contributed by atoms with Gasteiger partial charge in [0.15, 0.2) is 11.6 Å². The van der Waals surface area contributed by atoms with Crippen LogP contribution in [0, 0.1) is 0 Å². The first-order valence-corrected chi connectivity index (χ1v) is 10.9. The third-order valence-electron chi connectivity index (χ3n) is 6.27. The molecule has 0 atom stereocenters. The van der Waals surface area contributed by atoms with E-state index >= 15 is 0 Å². The fourth-order valence-corrected chi connectivity index (χ4v) is 4.70. The van der Waals surface area contributed by atoms with Gasteiger partial charge in [0.1, 0.15) is 0 Å². The number of Topliss-reactive ketones (excluding diaryl/α,β-unsaturated/α-hetero) is 1. The van der Waals surface area contributed by atoms with Crippen LogP contribution in [0.3, 0.4) is 0 Å². The van der Waals surface area contributed by atoms with Crippen LogP contribution in [0.5, 0.6) is 0 Å². The number of rotatable bonds is 4. The van der Waals surface area contributed by atoms with Crippen molar-refractivity contribution in [2.24, 2.45) is 0 Å². The molecule has 0 N–H and O–H groups in total. The van der Waals surface area contributed by atoms with Crippen molar-refractivity contribution in [1.29, 1.82) is 0 Å². The Morgan fingerprint density at radius 3 is 2.12 bits per heavy atom. The lowest BCUT2D eigenvalue weighted by Gasteiger charge is -2.22. The number of aromatic nitrogens is 1. The molecule has 0 radical (unpaired) electrons. The van der Waals surface area contributed by atoms with Gasteiger partial charge in [-0.15, -0.1) is 0 Å². The summed E-state index contributed by atoms with van der Waals surface area (Å²) in [4.78, 5) is 31.5. The number of carbonyl (C=O) groups is 2. The number of carbonyl (C=O) groups excluding carboxylic acids is 2. The molecule has 0 unspecified atom stereocenters. The van der Waals surface area contributed by atoms with Gasteiger partial charge in [0.2, 0.25) is 0 Å². The summed E-state index contributed by atoms with van der Waals surface area (Å²) < 4.78 is 0.